The predicted molar refractivity (Wildman–Crippen MR) is 73.7 cm³/mol. The molecule has 0 heterocycles. The van der Waals surface area contributed by atoms with Crippen LogP contribution in [0.25, 0.3) is 10.8 Å². The Balaban J connectivity index is 0.000000771. The third kappa shape index (κ3) is 3.81. The van der Waals surface area contributed by atoms with Crippen LogP contribution in [-0.4, -0.2) is 35.6 Å². The summed E-state index contributed by atoms with van der Waals surface area (Å²) < 4.78 is 0. The van der Waals surface area contributed by atoms with Crippen molar-refractivity contribution >= 4 is 10.8 Å². The van der Waals surface area contributed by atoms with Crippen LogP contribution in [0.5, 0.6) is 0 Å². The molecule has 0 radical (unpaired) electrons. The van der Waals surface area contributed by atoms with Crippen molar-refractivity contribution in [2.75, 3.05) is 20.3 Å². The van der Waals surface area contributed by atoms with E-state index in [4.69, 9.17) is 15.3 Å². The fraction of sp³-hybridized carbons (Fsp3) is 0.333. The van der Waals surface area contributed by atoms with Crippen LogP contribution in [0.2, 0.25) is 0 Å². The van der Waals surface area contributed by atoms with E-state index in [0.29, 0.717) is 12.8 Å². The van der Waals surface area contributed by atoms with Crippen LogP contribution in [0.3, 0.4) is 0 Å². The van der Waals surface area contributed by atoms with Gasteiger partial charge in [-0.25, -0.2) is 0 Å². The average molecular weight is 248 g/mol. The van der Waals surface area contributed by atoms with E-state index >= 15 is 0 Å². The van der Waals surface area contributed by atoms with Crippen molar-refractivity contribution in [1.82, 2.24) is 0 Å². The van der Waals surface area contributed by atoms with E-state index in [1.807, 2.05) is 12.1 Å². The molecule has 0 atom stereocenters. The molecule has 0 spiro atoms. The van der Waals surface area contributed by atoms with Crippen LogP contribution in [0.4, 0.5) is 0 Å². The maximum absolute atomic E-state index is 8.88. The Morgan fingerprint density at radius 2 is 1.11 bits per heavy atom. The third-order valence-corrected chi connectivity index (χ3v) is 2.77. The number of benzene rings is 2. The minimum Gasteiger partial charge on any atom is -0.400 e. The molecule has 2 aromatic carbocycles. The summed E-state index contributed by atoms with van der Waals surface area (Å²) in [4.78, 5) is 0. The van der Waals surface area contributed by atoms with E-state index in [9.17, 15) is 0 Å². The smallest absolute Gasteiger partial charge is 0.0471 e. The van der Waals surface area contributed by atoms with E-state index in [2.05, 4.69) is 24.3 Å². The number of rotatable bonds is 4. The molecule has 0 aliphatic heterocycles. The van der Waals surface area contributed by atoms with E-state index < -0.39 is 0 Å². The number of aliphatic hydroxyl groups is 3. The maximum Gasteiger partial charge on any atom is 0.0471 e. The third-order valence-electron chi connectivity index (χ3n) is 2.77. The van der Waals surface area contributed by atoms with Gasteiger partial charge in [0.2, 0.25) is 0 Å². The lowest BCUT2D eigenvalue weighted by molar-refractivity contribution is 0.299. The summed E-state index contributed by atoms with van der Waals surface area (Å²) in [5, 5.41) is 27.1. The number of hydrogen-bond donors (Lipinski definition) is 3. The summed E-state index contributed by atoms with van der Waals surface area (Å²) in [6.45, 7) is 0.377. The molecule has 0 aliphatic rings. The number of fused-ring (bicyclic) bond motifs is 1. The average Bonchev–Trinajstić information content (AvgIpc) is 2.42. The minimum absolute atomic E-state index is 0.189. The van der Waals surface area contributed by atoms with Crippen molar-refractivity contribution in [2.45, 2.75) is 12.8 Å². The Hall–Kier alpha value is -1.42. The van der Waals surface area contributed by atoms with Crippen LogP contribution in [-0.2, 0) is 12.8 Å². The molecule has 0 aliphatic carbocycles. The van der Waals surface area contributed by atoms with E-state index in [1.54, 1.807) is 0 Å². The molecule has 3 nitrogen and oxygen atoms in total. The molecule has 2 aromatic rings. The normalized spacial score (nSPS) is 10.0. The van der Waals surface area contributed by atoms with Gasteiger partial charge in [0.05, 0.1) is 0 Å². The fourth-order valence-corrected chi connectivity index (χ4v) is 1.91. The van der Waals surface area contributed by atoms with E-state index in [-0.39, 0.29) is 13.2 Å². The maximum atomic E-state index is 8.88. The molecule has 0 saturated heterocycles. The number of aliphatic hydroxyl groups excluding tert-OH is 3. The van der Waals surface area contributed by atoms with Crippen molar-refractivity contribution in [3.63, 3.8) is 0 Å². The topological polar surface area (TPSA) is 60.7 Å². The summed E-state index contributed by atoms with van der Waals surface area (Å²) in [7, 11) is 1.00. The molecule has 0 amide bonds. The summed E-state index contributed by atoms with van der Waals surface area (Å²) in [6, 6.07) is 12.4. The summed E-state index contributed by atoms with van der Waals surface area (Å²) >= 11 is 0. The SMILES string of the molecule is CO.OCCc1ccc2cc(CCO)ccc2c1. The molecule has 18 heavy (non-hydrogen) atoms. The lowest BCUT2D eigenvalue weighted by Gasteiger charge is -2.04. The highest BCUT2D eigenvalue weighted by molar-refractivity contribution is 5.83. The Kier molecular flexibility index (Phi) is 6.36. The summed E-state index contributed by atoms with van der Waals surface area (Å²) in [5.74, 6) is 0. The van der Waals surface area contributed by atoms with Gasteiger partial charge in [0, 0.05) is 20.3 Å². The molecule has 0 aromatic heterocycles. The molecule has 0 unspecified atom stereocenters. The fourth-order valence-electron chi connectivity index (χ4n) is 1.91. The molecule has 0 saturated carbocycles. The molecule has 0 fully saturated rings. The highest BCUT2D eigenvalue weighted by atomic mass is 16.3. The second-order valence-corrected chi connectivity index (χ2v) is 3.96. The monoisotopic (exact) mass is 248 g/mol. The van der Waals surface area contributed by atoms with Crippen LogP contribution in [0.15, 0.2) is 36.4 Å². The minimum atomic E-state index is 0.189. The zero-order valence-electron chi connectivity index (χ0n) is 10.6. The molecule has 0 bridgehead atoms. The molecule has 3 heteroatoms. The van der Waals surface area contributed by atoms with Gasteiger partial charge in [-0.2, -0.15) is 0 Å². The van der Waals surface area contributed by atoms with Crippen molar-refractivity contribution < 1.29 is 15.3 Å². The van der Waals surface area contributed by atoms with Crippen LogP contribution < -0.4 is 0 Å². The summed E-state index contributed by atoms with van der Waals surface area (Å²) in [6.07, 6.45) is 1.41. The summed E-state index contributed by atoms with van der Waals surface area (Å²) in [5.41, 5.74) is 2.31. The Bertz CT molecular complexity index is 435. The van der Waals surface area contributed by atoms with Crippen LogP contribution in [0, 0.1) is 0 Å². The van der Waals surface area contributed by atoms with Gasteiger partial charge in [-0.1, -0.05) is 36.4 Å². The van der Waals surface area contributed by atoms with Gasteiger partial charge < -0.3 is 15.3 Å². The first kappa shape index (κ1) is 14.6. The van der Waals surface area contributed by atoms with Crippen molar-refractivity contribution in [3.05, 3.63) is 47.5 Å². The zero-order chi connectivity index (χ0) is 13.4. The molecule has 2 rings (SSSR count). The Morgan fingerprint density at radius 1 is 0.722 bits per heavy atom. The largest absolute Gasteiger partial charge is 0.400 e. The van der Waals surface area contributed by atoms with E-state index in [1.165, 1.54) is 10.8 Å². The van der Waals surface area contributed by atoms with Crippen LogP contribution >= 0.6 is 0 Å². The lowest BCUT2D eigenvalue weighted by atomic mass is 10.0. The van der Waals surface area contributed by atoms with Crippen molar-refractivity contribution in [3.8, 4) is 0 Å². The highest BCUT2D eigenvalue weighted by Crippen LogP contribution is 2.18. The molecular weight excluding hydrogens is 228 g/mol. The van der Waals surface area contributed by atoms with Gasteiger partial charge in [0.15, 0.2) is 0 Å². The quantitative estimate of drug-likeness (QED) is 0.768. The van der Waals surface area contributed by atoms with Gasteiger partial charge in [-0.05, 0) is 34.7 Å². The van der Waals surface area contributed by atoms with Gasteiger partial charge in [-0.15, -0.1) is 0 Å². The zero-order valence-corrected chi connectivity index (χ0v) is 10.6. The molecule has 98 valence electrons. The van der Waals surface area contributed by atoms with Crippen LogP contribution in [0.1, 0.15) is 11.1 Å². The Labute approximate surface area is 107 Å². The first-order chi connectivity index (χ1) is 8.83. The number of hydrogen-bond acceptors (Lipinski definition) is 3. The standard InChI is InChI=1S/C14H16O2.CH4O/c15-7-5-11-1-3-13-10-12(6-8-16)2-4-14(13)9-11;1-2/h1-4,9-10,15-16H,5-8H2;2H,1H3. The van der Waals surface area contributed by atoms with Gasteiger partial charge >= 0.3 is 0 Å². The lowest BCUT2D eigenvalue weighted by Crippen LogP contribution is -1.92. The van der Waals surface area contributed by atoms with Gasteiger partial charge in [-0.3, -0.25) is 0 Å². The van der Waals surface area contributed by atoms with Crippen molar-refractivity contribution in [2.24, 2.45) is 0 Å². The Morgan fingerprint density at radius 3 is 1.44 bits per heavy atom. The highest BCUT2D eigenvalue weighted by Gasteiger charge is 1.98. The second-order valence-electron chi connectivity index (χ2n) is 3.96. The van der Waals surface area contributed by atoms with E-state index in [0.717, 1.165) is 18.2 Å². The molecular formula is C15H20O3. The predicted octanol–water partition coefficient (Wildman–Crippen LogP) is 1.52. The first-order valence-electron chi connectivity index (χ1n) is 6.01. The van der Waals surface area contributed by atoms with Gasteiger partial charge in [0.1, 0.15) is 0 Å². The second kappa shape index (κ2) is 7.82. The van der Waals surface area contributed by atoms with Gasteiger partial charge in [0.25, 0.3) is 0 Å². The molecule has 3 N–H and O–H groups in total. The van der Waals surface area contributed by atoms with Crippen molar-refractivity contribution in [1.29, 1.82) is 0 Å². The first-order valence-corrected chi connectivity index (χ1v) is 6.01.